The first-order chi connectivity index (χ1) is 12.8. The molecule has 0 spiro atoms. The van der Waals surface area contributed by atoms with E-state index in [0.29, 0.717) is 9.79 Å². The Morgan fingerprint density at radius 3 is 1.48 bits per heavy atom. The Morgan fingerprint density at radius 1 is 0.741 bits per heavy atom. The quantitative estimate of drug-likeness (QED) is 0.557. The molecule has 0 aromatic heterocycles. The van der Waals surface area contributed by atoms with Crippen LogP contribution in [0, 0.1) is 0 Å². The van der Waals surface area contributed by atoms with Gasteiger partial charge < -0.3 is 10.2 Å². The highest BCUT2D eigenvalue weighted by molar-refractivity contribution is 8.02. The molecule has 144 valence electrons. The number of carboxylic acid groups (broad SMARTS) is 2. The molecule has 0 unspecified atom stereocenters. The van der Waals surface area contributed by atoms with Gasteiger partial charge >= 0.3 is 11.9 Å². The molecule has 0 saturated heterocycles. The van der Waals surface area contributed by atoms with Crippen molar-refractivity contribution >= 4 is 45.3 Å². The number of thioether (sulfide) groups is 2. The van der Waals surface area contributed by atoms with Gasteiger partial charge in [0.2, 0.25) is 0 Å². The van der Waals surface area contributed by atoms with Gasteiger partial charge in [-0.2, -0.15) is 0 Å². The van der Waals surface area contributed by atoms with Crippen LogP contribution in [0.5, 0.6) is 0 Å². The third-order valence-corrected chi connectivity index (χ3v) is 7.86. The van der Waals surface area contributed by atoms with E-state index in [1.54, 1.807) is 36.4 Å². The van der Waals surface area contributed by atoms with Crippen molar-refractivity contribution in [3.05, 3.63) is 59.7 Å². The molecule has 0 radical (unpaired) electrons. The van der Waals surface area contributed by atoms with Crippen molar-refractivity contribution in [1.82, 2.24) is 0 Å². The maximum Gasteiger partial charge on any atom is 0.336 e. The number of aromatic carboxylic acids is 2. The Labute approximate surface area is 165 Å². The summed E-state index contributed by atoms with van der Waals surface area (Å²) in [7, 11) is -3.32. The average Bonchev–Trinajstić information content (AvgIpc) is 2.62. The van der Waals surface area contributed by atoms with Gasteiger partial charge in [0.15, 0.2) is 9.84 Å². The molecule has 0 atom stereocenters. The van der Waals surface area contributed by atoms with E-state index < -0.39 is 21.8 Å². The molecule has 2 aromatic carbocycles. The molecule has 0 amide bonds. The number of carbonyl (C=O) groups is 2. The predicted octanol–water partition coefficient (Wildman–Crippen LogP) is 3.38. The van der Waals surface area contributed by atoms with Crippen molar-refractivity contribution in [2.75, 3.05) is 23.0 Å². The van der Waals surface area contributed by atoms with E-state index >= 15 is 0 Å². The minimum Gasteiger partial charge on any atom is -0.478 e. The summed E-state index contributed by atoms with van der Waals surface area (Å²) in [4.78, 5) is 23.4. The van der Waals surface area contributed by atoms with Gasteiger partial charge in [-0.25, -0.2) is 18.0 Å². The maximum absolute atomic E-state index is 12.2. The van der Waals surface area contributed by atoms with Gasteiger partial charge in [-0.1, -0.05) is 24.3 Å². The largest absolute Gasteiger partial charge is 0.478 e. The number of carboxylic acids is 2. The molecular formula is C18H18O6S3. The fourth-order valence-electron chi connectivity index (χ4n) is 2.20. The molecule has 0 fully saturated rings. The van der Waals surface area contributed by atoms with Crippen LogP contribution >= 0.6 is 23.5 Å². The van der Waals surface area contributed by atoms with Crippen molar-refractivity contribution in [3.8, 4) is 0 Å². The van der Waals surface area contributed by atoms with Gasteiger partial charge in [-0.3, -0.25) is 0 Å². The first-order valence-corrected chi connectivity index (χ1v) is 11.7. The highest BCUT2D eigenvalue weighted by atomic mass is 32.2. The summed E-state index contributed by atoms with van der Waals surface area (Å²) in [6.45, 7) is 0. The molecule has 0 aliphatic carbocycles. The lowest BCUT2D eigenvalue weighted by Gasteiger charge is -2.08. The number of hydrogen-bond donors (Lipinski definition) is 2. The van der Waals surface area contributed by atoms with Gasteiger partial charge in [-0.05, 0) is 24.3 Å². The van der Waals surface area contributed by atoms with Crippen LogP contribution in [0.15, 0.2) is 58.3 Å². The summed E-state index contributed by atoms with van der Waals surface area (Å²) < 4.78 is 24.4. The van der Waals surface area contributed by atoms with Crippen molar-refractivity contribution in [2.24, 2.45) is 0 Å². The minimum atomic E-state index is -3.32. The monoisotopic (exact) mass is 426 g/mol. The van der Waals surface area contributed by atoms with Crippen LogP contribution in [0.1, 0.15) is 20.7 Å². The van der Waals surface area contributed by atoms with Crippen LogP contribution in [-0.2, 0) is 9.84 Å². The SMILES string of the molecule is O=C(O)c1ccccc1SCCS(=O)(=O)CCSc1ccccc1C(=O)O. The summed E-state index contributed by atoms with van der Waals surface area (Å²) >= 11 is 2.39. The summed E-state index contributed by atoms with van der Waals surface area (Å²) in [6, 6.07) is 12.9. The minimum absolute atomic E-state index is 0.0766. The van der Waals surface area contributed by atoms with Crippen LogP contribution in [0.4, 0.5) is 0 Å². The molecule has 6 nitrogen and oxygen atoms in total. The van der Waals surface area contributed by atoms with Crippen LogP contribution in [0.25, 0.3) is 0 Å². The zero-order valence-corrected chi connectivity index (χ0v) is 16.6. The Bertz CT molecular complexity index is 855. The van der Waals surface area contributed by atoms with Crippen molar-refractivity contribution in [3.63, 3.8) is 0 Å². The summed E-state index contributed by atoms with van der Waals surface area (Å²) in [5.74, 6) is -1.74. The van der Waals surface area contributed by atoms with Crippen LogP contribution in [0.3, 0.4) is 0 Å². The van der Waals surface area contributed by atoms with E-state index in [0.717, 1.165) is 0 Å². The van der Waals surface area contributed by atoms with Gasteiger partial charge in [0.1, 0.15) is 0 Å². The molecule has 0 aliphatic rings. The fourth-order valence-corrected chi connectivity index (χ4v) is 6.51. The van der Waals surface area contributed by atoms with Gasteiger partial charge in [0.05, 0.1) is 22.6 Å². The second kappa shape index (κ2) is 9.82. The molecule has 9 heteroatoms. The second-order valence-electron chi connectivity index (χ2n) is 5.45. The number of benzene rings is 2. The first-order valence-electron chi connectivity index (χ1n) is 7.91. The molecule has 0 heterocycles. The summed E-state index contributed by atoms with van der Waals surface area (Å²) in [5, 5.41) is 18.3. The summed E-state index contributed by atoms with van der Waals surface area (Å²) in [6.07, 6.45) is 0. The fraction of sp³-hybridized carbons (Fsp3) is 0.222. The van der Waals surface area contributed by atoms with Crippen LogP contribution < -0.4 is 0 Å². The smallest absolute Gasteiger partial charge is 0.336 e. The molecule has 2 rings (SSSR count). The standard InChI is InChI=1S/C18H18O6S3/c19-17(20)13-5-1-3-7-15(13)25-9-11-27(23,24)12-10-26-16-8-4-2-6-14(16)18(21)22/h1-8H,9-12H2,(H,19,20)(H,21,22). The van der Waals surface area contributed by atoms with E-state index in [1.807, 2.05) is 0 Å². The molecular weight excluding hydrogens is 408 g/mol. The van der Waals surface area contributed by atoms with Gasteiger partial charge in [-0.15, -0.1) is 23.5 Å². The van der Waals surface area contributed by atoms with E-state index in [2.05, 4.69) is 0 Å². The Balaban J connectivity index is 1.86. The Hall–Kier alpha value is -1.97. The van der Waals surface area contributed by atoms with Crippen molar-refractivity contribution in [2.45, 2.75) is 9.79 Å². The van der Waals surface area contributed by atoms with Gasteiger partial charge in [0.25, 0.3) is 0 Å². The summed E-state index contributed by atoms with van der Waals surface area (Å²) in [5.41, 5.74) is 0.307. The highest BCUT2D eigenvalue weighted by Crippen LogP contribution is 2.24. The third-order valence-electron chi connectivity index (χ3n) is 3.54. The van der Waals surface area contributed by atoms with Crippen molar-refractivity contribution < 1.29 is 28.2 Å². The zero-order valence-electron chi connectivity index (χ0n) is 14.2. The molecule has 27 heavy (non-hydrogen) atoms. The topological polar surface area (TPSA) is 109 Å². The Morgan fingerprint density at radius 2 is 1.11 bits per heavy atom. The van der Waals surface area contributed by atoms with E-state index in [9.17, 15) is 18.0 Å². The van der Waals surface area contributed by atoms with Crippen molar-refractivity contribution in [1.29, 1.82) is 0 Å². The van der Waals surface area contributed by atoms with Crippen LogP contribution in [0.2, 0.25) is 0 Å². The zero-order chi connectivity index (χ0) is 19.9. The van der Waals surface area contributed by atoms with E-state index in [1.165, 1.54) is 35.7 Å². The molecule has 2 N–H and O–H groups in total. The van der Waals surface area contributed by atoms with E-state index in [4.69, 9.17) is 10.2 Å². The number of rotatable bonds is 10. The molecule has 0 saturated carbocycles. The lowest BCUT2D eigenvalue weighted by Crippen LogP contribution is -2.15. The molecule has 2 aromatic rings. The maximum atomic E-state index is 12.2. The normalized spacial score (nSPS) is 11.3. The molecule has 0 aliphatic heterocycles. The lowest BCUT2D eigenvalue weighted by atomic mass is 10.2. The second-order valence-corrected chi connectivity index (χ2v) is 10.0. The molecule has 0 bridgehead atoms. The number of sulfone groups is 1. The average molecular weight is 427 g/mol. The predicted molar refractivity (Wildman–Crippen MR) is 107 cm³/mol. The third kappa shape index (κ3) is 6.60. The van der Waals surface area contributed by atoms with Gasteiger partial charge in [0, 0.05) is 21.3 Å². The highest BCUT2D eigenvalue weighted by Gasteiger charge is 2.15. The Kier molecular flexibility index (Phi) is 7.76. The lowest BCUT2D eigenvalue weighted by molar-refractivity contribution is 0.0682. The van der Waals surface area contributed by atoms with Crippen LogP contribution in [-0.4, -0.2) is 53.6 Å². The number of hydrogen-bond acceptors (Lipinski definition) is 6. The van der Waals surface area contributed by atoms with E-state index in [-0.39, 0.29) is 34.1 Å². The first kappa shape index (κ1) is 21.3.